The van der Waals surface area contributed by atoms with Gasteiger partial charge >= 0.3 is 0 Å². The summed E-state index contributed by atoms with van der Waals surface area (Å²) < 4.78 is 0. The van der Waals surface area contributed by atoms with E-state index >= 15 is 0 Å². The average molecular weight is 605 g/mol. The molecule has 0 aromatic heterocycles. The van der Waals surface area contributed by atoms with Crippen LogP contribution in [0.5, 0.6) is 0 Å². The van der Waals surface area contributed by atoms with E-state index in [1.54, 1.807) is 0 Å². The lowest BCUT2D eigenvalue weighted by atomic mass is 9.81. The van der Waals surface area contributed by atoms with E-state index in [-0.39, 0.29) is 5.41 Å². The highest BCUT2D eigenvalue weighted by Gasteiger charge is 2.35. The number of hydrogen-bond donors (Lipinski definition) is 0. The first-order valence-corrected chi connectivity index (χ1v) is 17.0. The van der Waals surface area contributed by atoms with Crippen molar-refractivity contribution in [1.82, 2.24) is 0 Å². The molecule has 0 spiro atoms. The molecule has 3 aliphatic rings. The maximum Gasteiger partial charge on any atom is 0.0159 e. The average Bonchev–Trinajstić information content (AvgIpc) is 3.38. The van der Waals surface area contributed by atoms with Crippen LogP contribution in [0.25, 0.3) is 50.8 Å². The van der Waals surface area contributed by atoms with E-state index in [1.807, 2.05) is 0 Å². The van der Waals surface area contributed by atoms with Crippen molar-refractivity contribution in [3.8, 4) is 22.3 Å². The van der Waals surface area contributed by atoms with Crippen LogP contribution in [-0.2, 0) is 24.7 Å². The third kappa shape index (κ3) is 4.91. The fraction of sp³-hybridized carbons (Fsp3) is 0.149. The summed E-state index contributed by atoms with van der Waals surface area (Å²) in [6.07, 6.45) is 27.7. The molecule has 0 nitrogen and oxygen atoms in total. The molecule has 0 unspecified atom stereocenters. The Morgan fingerprint density at radius 2 is 1.40 bits per heavy atom. The largest absolute Gasteiger partial charge is 0.0801 e. The SMILES string of the molecule is C/C=C(\C=C/Cc1c2c(c(-c3cccc4c3C=CC=CC4)c3ccccc13)C=CC=CC2)c1ccc2c(c1)C(C)(C)c1ccccc1-2. The first-order valence-electron chi connectivity index (χ1n) is 17.0. The van der Waals surface area contributed by atoms with Gasteiger partial charge in [0.05, 0.1) is 0 Å². The Balaban J connectivity index is 1.21. The standard InChI is InChI=1S/C47H40/c1-4-32(34-29-30-40-39-23-13-14-28-44(39)47(2,3)45(40)31-34)18-15-26-36-37-21-9-6-10-24-42(37)46(43-25-12-11-22-38(36)43)41-27-16-19-33-17-7-5-8-20-35(33)41/h4-16,18-20,22-25,27-31H,17,21,26H2,1-3H3/b18-15-,32-4+. The molecular formula is C47H40. The normalized spacial score (nSPS) is 15.8. The number of hydrogen-bond acceptors (Lipinski definition) is 0. The summed E-state index contributed by atoms with van der Waals surface area (Å²) in [5.74, 6) is 0. The lowest BCUT2D eigenvalue weighted by Crippen LogP contribution is -2.15. The molecule has 0 atom stereocenters. The molecule has 0 saturated carbocycles. The van der Waals surface area contributed by atoms with Crippen LogP contribution in [0.2, 0.25) is 0 Å². The predicted octanol–water partition coefficient (Wildman–Crippen LogP) is 12.3. The van der Waals surface area contributed by atoms with Crippen LogP contribution in [0, 0.1) is 0 Å². The Labute approximate surface area is 279 Å². The van der Waals surface area contributed by atoms with Gasteiger partial charge in [-0.2, -0.15) is 0 Å². The van der Waals surface area contributed by atoms with Gasteiger partial charge in [-0.05, 0) is 115 Å². The summed E-state index contributed by atoms with van der Waals surface area (Å²) in [6, 6.07) is 31.8. The fourth-order valence-electron chi connectivity index (χ4n) is 8.12. The molecule has 0 saturated heterocycles. The summed E-state index contributed by atoms with van der Waals surface area (Å²) >= 11 is 0. The van der Waals surface area contributed by atoms with Crippen LogP contribution >= 0.6 is 0 Å². The second-order valence-electron chi connectivity index (χ2n) is 13.4. The lowest BCUT2D eigenvalue weighted by molar-refractivity contribution is 0.660. The molecule has 3 aliphatic carbocycles. The third-order valence-electron chi connectivity index (χ3n) is 10.5. The van der Waals surface area contributed by atoms with Crippen molar-refractivity contribution in [2.24, 2.45) is 0 Å². The number of rotatable bonds is 5. The fourth-order valence-corrected chi connectivity index (χ4v) is 8.12. The maximum absolute atomic E-state index is 2.42. The summed E-state index contributed by atoms with van der Waals surface area (Å²) in [5.41, 5.74) is 17.7. The van der Waals surface area contributed by atoms with Gasteiger partial charge in [0.1, 0.15) is 0 Å². The smallest absolute Gasteiger partial charge is 0.0159 e. The van der Waals surface area contributed by atoms with E-state index < -0.39 is 0 Å². The van der Waals surface area contributed by atoms with Crippen molar-refractivity contribution in [3.05, 3.63) is 184 Å². The number of allylic oxidation sites excluding steroid dienone is 10. The van der Waals surface area contributed by atoms with Crippen LogP contribution in [0.15, 0.2) is 140 Å². The van der Waals surface area contributed by atoms with E-state index in [9.17, 15) is 0 Å². The molecule has 0 heteroatoms. The van der Waals surface area contributed by atoms with Gasteiger partial charge in [-0.1, -0.05) is 160 Å². The highest BCUT2D eigenvalue weighted by molar-refractivity contribution is 6.05. The van der Waals surface area contributed by atoms with E-state index in [0.29, 0.717) is 0 Å². The molecule has 0 aliphatic heterocycles. The molecule has 5 aromatic carbocycles. The molecule has 5 aromatic rings. The van der Waals surface area contributed by atoms with Crippen LogP contribution in [0.4, 0.5) is 0 Å². The molecule has 8 rings (SSSR count). The van der Waals surface area contributed by atoms with Crippen molar-refractivity contribution in [3.63, 3.8) is 0 Å². The minimum Gasteiger partial charge on any atom is -0.0801 e. The Bertz CT molecular complexity index is 2240. The quantitative estimate of drug-likeness (QED) is 0.175. The van der Waals surface area contributed by atoms with Gasteiger partial charge < -0.3 is 0 Å². The van der Waals surface area contributed by atoms with E-state index in [1.165, 1.54) is 83.1 Å². The number of fused-ring (bicyclic) bond motifs is 6. The zero-order valence-corrected chi connectivity index (χ0v) is 27.6. The van der Waals surface area contributed by atoms with Gasteiger partial charge in [0.15, 0.2) is 0 Å². The molecule has 228 valence electrons. The van der Waals surface area contributed by atoms with Gasteiger partial charge in [-0.25, -0.2) is 0 Å². The zero-order chi connectivity index (χ0) is 32.0. The van der Waals surface area contributed by atoms with Gasteiger partial charge in [0, 0.05) is 5.41 Å². The molecular weight excluding hydrogens is 565 g/mol. The molecule has 0 heterocycles. The van der Waals surface area contributed by atoms with Gasteiger partial charge in [0.25, 0.3) is 0 Å². The topological polar surface area (TPSA) is 0 Å². The highest BCUT2D eigenvalue weighted by Crippen LogP contribution is 2.49. The zero-order valence-electron chi connectivity index (χ0n) is 27.6. The molecule has 0 radical (unpaired) electrons. The van der Waals surface area contributed by atoms with Crippen LogP contribution in [0.1, 0.15) is 65.3 Å². The highest BCUT2D eigenvalue weighted by atomic mass is 14.4. The lowest BCUT2D eigenvalue weighted by Gasteiger charge is -2.22. The maximum atomic E-state index is 2.42. The Hall–Kier alpha value is -5.20. The Morgan fingerprint density at radius 3 is 2.26 bits per heavy atom. The molecule has 0 bridgehead atoms. The monoisotopic (exact) mass is 604 g/mol. The first-order chi connectivity index (χ1) is 23.1. The van der Waals surface area contributed by atoms with Gasteiger partial charge in [0.2, 0.25) is 0 Å². The predicted molar refractivity (Wildman–Crippen MR) is 204 cm³/mol. The van der Waals surface area contributed by atoms with E-state index in [4.69, 9.17) is 0 Å². The summed E-state index contributed by atoms with van der Waals surface area (Å²) in [5, 5.41) is 2.67. The molecule has 47 heavy (non-hydrogen) atoms. The van der Waals surface area contributed by atoms with Crippen molar-refractivity contribution in [2.45, 2.75) is 45.4 Å². The van der Waals surface area contributed by atoms with Crippen LogP contribution in [-0.4, -0.2) is 0 Å². The third-order valence-corrected chi connectivity index (χ3v) is 10.5. The Morgan fingerprint density at radius 1 is 0.681 bits per heavy atom. The summed E-state index contributed by atoms with van der Waals surface area (Å²) in [4.78, 5) is 0. The van der Waals surface area contributed by atoms with E-state index in [2.05, 4.69) is 173 Å². The van der Waals surface area contributed by atoms with Crippen LogP contribution < -0.4 is 0 Å². The molecule has 0 fully saturated rings. The van der Waals surface area contributed by atoms with Crippen LogP contribution in [0.3, 0.4) is 0 Å². The second kappa shape index (κ2) is 11.9. The van der Waals surface area contributed by atoms with Gasteiger partial charge in [-0.15, -0.1) is 0 Å². The number of benzene rings is 5. The van der Waals surface area contributed by atoms with E-state index in [0.717, 1.165) is 19.3 Å². The minimum absolute atomic E-state index is 0.00674. The second-order valence-corrected chi connectivity index (χ2v) is 13.4. The van der Waals surface area contributed by atoms with Gasteiger partial charge in [-0.3, -0.25) is 0 Å². The summed E-state index contributed by atoms with van der Waals surface area (Å²) in [6.45, 7) is 6.87. The summed E-state index contributed by atoms with van der Waals surface area (Å²) in [7, 11) is 0. The molecule has 0 amide bonds. The van der Waals surface area contributed by atoms with Crippen molar-refractivity contribution in [1.29, 1.82) is 0 Å². The van der Waals surface area contributed by atoms with Crippen molar-refractivity contribution < 1.29 is 0 Å². The van der Waals surface area contributed by atoms with Crippen molar-refractivity contribution in [2.75, 3.05) is 0 Å². The Kier molecular flexibility index (Phi) is 7.38. The molecule has 0 N–H and O–H groups in total. The minimum atomic E-state index is -0.00674. The van der Waals surface area contributed by atoms with Crippen molar-refractivity contribution >= 4 is 28.5 Å². The first kappa shape index (κ1) is 29.2.